The number of ether oxygens (including phenoxy) is 1. The number of imidazole rings is 1. The molecule has 6 rings (SSSR count). The van der Waals surface area contributed by atoms with Crippen molar-refractivity contribution in [1.82, 2.24) is 9.55 Å². The second-order valence-corrected chi connectivity index (χ2v) is 10.6. The van der Waals surface area contributed by atoms with Gasteiger partial charge in [0.15, 0.2) is 0 Å². The van der Waals surface area contributed by atoms with Crippen molar-refractivity contribution in [3.8, 4) is 16.9 Å². The lowest BCUT2D eigenvalue weighted by Gasteiger charge is -2.33. The van der Waals surface area contributed by atoms with Crippen LogP contribution >= 0.6 is 0 Å². The van der Waals surface area contributed by atoms with E-state index in [2.05, 4.69) is 4.98 Å². The number of carbonyl (C=O) groups excluding carboxylic acids is 2. The van der Waals surface area contributed by atoms with Gasteiger partial charge >= 0.3 is 0 Å². The van der Waals surface area contributed by atoms with Gasteiger partial charge in [-0.25, -0.2) is 4.98 Å². The molecule has 0 spiro atoms. The lowest BCUT2D eigenvalue weighted by atomic mass is 9.94. The Morgan fingerprint density at radius 1 is 0.975 bits per heavy atom. The minimum atomic E-state index is -0.741. The number of amides is 2. The topological polar surface area (TPSA) is 67.7 Å². The van der Waals surface area contributed by atoms with Gasteiger partial charge in [-0.15, -0.1) is 0 Å². The highest BCUT2D eigenvalue weighted by Gasteiger charge is 2.45. The molecule has 2 heterocycles. The summed E-state index contributed by atoms with van der Waals surface area (Å²) in [6, 6.07) is 23.1. The number of rotatable bonds is 7. The number of hydrogen-bond acceptors (Lipinski definition) is 4. The van der Waals surface area contributed by atoms with Crippen LogP contribution in [0.15, 0.2) is 85.2 Å². The number of anilines is 2. The van der Waals surface area contributed by atoms with Gasteiger partial charge in [0.25, 0.3) is 5.91 Å². The molecule has 0 saturated heterocycles. The van der Waals surface area contributed by atoms with Crippen LogP contribution in [0.25, 0.3) is 11.1 Å². The summed E-state index contributed by atoms with van der Waals surface area (Å²) in [4.78, 5) is 36.6. The summed E-state index contributed by atoms with van der Waals surface area (Å²) >= 11 is 0. The van der Waals surface area contributed by atoms with E-state index in [-0.39, 0.29) is 24.4 Å². The number of para-hydroxylation sites is 1. The number of methoxy groups -OCH3 is 1. The van der Waals surface area contributed by atoms with Gasteiger partial charge < -0.3 is 14.2 Å². The minimum Gasteiger partial charge on any atom is -0.497 e. The van der Waals surface area contributed by atoms with Crippen molar-refractivity contribution in [3.63, 3.8) is 0 Å². The molecule has 1 unspecified atom stereocenters. The van der Waals surface area contributed by atoms with Gasteiger partial charge in [0.2, 0.25) is 5.91 Å². The number of fused-ring (bicyclic) bond motifs is 1. The van der Waals surface area contributed by atoms with Crippen LogP contribution in [0.4, 0.5) is 11.4 Å². The molecule has 0 radical (unpaired) electrons. The summed E-state index contributed by atoms with van der Waals surface area (Å²) in [6.45, 7) is 1.96. The van der Waals surface area contributed by atoms with Crippen molar-refractivity contribution in [2.75, 3.05) is 16.9 Å². The summed E-state index contributed by atoms with van der Waals surface area (Å²) in [5.41, 5.74) is 4.39. The predicted molar refractivity (Wildman–Crippen MR) is 156 cm³/mol. The lowest BCUT2D eigenvalue weighted by molar-refractivity contribution is -0.125. The summed E-state index contributed by atoms with van der Waals surface area (Å²) < 4.78 is 7.27. The van der Waals surface area contributed by atoms with Crippen LogP contribution in [-0.4, -0.2) is 34.5 Å². The van der Waals surface area contributed by atoms with Crippen molar-refractivity contribution in [2.45, 2.75) is 57.7 Å². The average molecular weight is 535 g/mol. The molecule has 0 N–H and O–H groups in total. The summed E-state index contributed by atoms with van der Waals surface area (Å²) in [7, 11) is 1.65. The third-order valence-electron chi connectivity index (χ3n) is 8.19. The van der Waals surface area contributed by atoms with Gasteiger partial charge in [-0.3, -0.25) is 14.5 Å². The van der Waals surface area contributed by atoms with Crippen LogP contribution in [0, 0.1) is 6.92 Å². The molecule has 1 aromatic heterocycles. The Morgan fingerprint density at radius 2 is 1.73 bits per heavy atom. The Hall–Kier alpha value is -4.39. The second-order valence-electron chi connectivity index (χ2n) is 10.6. The minimum absolute atomic E-state index is 0.0319. The molecule has 1 aliphatic carbocycles. The van der Waals surface area contributed by atoms with E-state index >= 15 is 0 Å². The normalized spacial score (nSPS) is 17.1. The van der Waals surface area contributed by atoms with Gasteiger partial charge in [0, 0.05) is 35.4 Å². The third-order valence-corrected chi connectivity index (χ3v) is 8.19. The van der Waals surface area contributed by atoms with E-state index in [0.717, 1.165) is 59.6 Å². The first kappa shape index (κ1) is 25.9. The zero-order chi connectivity index (χ0) is 27.6. The standard InChI is InChI=1S/C33H34N4O3/c1-23-34-18-19-35(23)22-31(38)37(27-14-8-10-24(20-27)25-11-9-15-28(21-25)40-2)32-29-16-6-7-17-30(29)36(33(32)39)26-12-4-3-5-13-26/h6-11,14-21,26,32H,3-5,12-13,22H2,1-2H3. The van der Waals surface area contributed by atoms with Crippen molar-refractivity contribution < 1.29 is 14.3 Å². The van der Waals surface area contributed by atoms with E-state index in [4.69, 9.17) is 4.74 Å². The quantitative estimate of drug-likeness (QED) is 0.278. The van der Waals surface area contributed by atoms with E-state index in [0.29, 0.717) is 5.69 Å². The molecule has 1 saturated carbocycles. The van der Waals surface area contributed by atoms with E-state index in [1.165, 1.54) is 6.42 Å². The highest BCUT2D eigenvalue weighted by atomic mass is 16.5. The van der Waals surface area contributed by atoms with Crippen LogP contribution in [0.1, 0.15) is 49.5 Å². The maximum absolute atomic E-state index is 14.4. The Morgan fingerprint density at radius 3 is 2.48 bits per heavy atom. The molecule has 40 heavy (non-hydrogen) atoms. The molecule has 7 nitrogen and oxygen atoms in total. The number of nitrogens with zero attached hydrogens (tertiary/aromatic N) is 4. The number of aryl methyl sites for hydroxylation is 1. The number of hydrogen-bond donors (Lipinski definition) is 0. The molecule has 7 heteroatoms. The molecule has 3 aromatic carbocycles. The maximum Gasteiger partial charge on any atom is 0.255 e. The van der Waals surface area contributed by atoms with Crippen LogP contribution in [0.3, 0.4) is 0 Å². The van der Waals surface area contributed by atoms with Crippen LogP contribution in [-0.2, 0) is 16.1 Å². The summed E-state index contributed by atoms with van der Waals surface area (Å²) in [6.07, 6.45) is 8.91. The van der Waals surface area contributed by atoms with E-state index < -0.39 is 6.04 Å². The smallest absolute Gasteiger partial charge is 0.255 e. The molecule has 1 fully saturated rings. The van der Waals surface area contributed by atoms with Crippen molar-refractivity contribution in [2.24, 2.45) is 0 Å². The summed E-state index contributed by atoms with van der Waals surface area (Å²) in [5, 5.41) is 0. The Kier molecular flexibility index (Phi) is 7.11. The molecule has 1 atom stereocenters. The van der Waals surface area contributed by atoms with Crippen LogP contribution in [0.5, 0.6) is 5.75 Å². The first-order valence-electron chi connectivity index (χ1n) is 14.0. The van der Waals surface area contributed by atoms with E-state index in [1.54, 1.807) is 24.4 Å². The highest BCUT2D eigenvalue weighted by molar-refractivity contribution is 6.11. The third kappa shape index (κ3) is 4.76. The summed E-state index contributed by atoms with van der Waals surface area (Å²) in [5.74, 6) is 1.31. The van der Waals surface area contributed by atoms with Crippen LogP contribution < -0.4 is 14.5 Å². The lowest BCUT2D eigenvalue weighted by Crippen LogP contribution is -2.46. The molecule has 204 valence electrons. The number of benzene rings is 3. The van der Waals surface area contributed by atoms with E-state index in [9.17, 15) is 9.59 Å². The van der Waals surface area contributed by atoms with Crippen LogP contribution in [0.2, 0.25) is 0 Å². The Balaban J connectivity index is 1.45. The fourth-order valence-electron chi connectivity index (χ4n) is 6.15. The molecular weight excluding hydrogens is 500 g/mol. The van der Waals surface area contributed by atoms with Crippen molar-refractivity contribution >= 4 is 23.2 Å². The van der Waals surface area contributed by atoms with Crippen molar-refractivity contribution in [1.29, 1.82) is 0 Å². The number of aromatic nitrogens is 2. The molecule has 4 aromatic rings. The maximum atomic E-state index is 14.4. The largest absolute Gasteiger partial charge is 0.497 e. The fourth-order valence-corrected chi connectivity index (χ4v) is 6.15. The molecule has 2 amide bonds. The second kappa shape index (κ2) is 11.0. The molecular formula is C33H34N4O3. The molecule has 2 aliphatic rings. The molecule has 1 aliphatic heterocycles. The monoisotopic (exact) mass is 534 g/mol. The predicted octanol–water partition coefficient (Wildman–Crippen LogP) is 6.32. The Labute approximate surface area is 235 Å². The molecule has 0 bridgehead atoms. The first-order valence-corrected chi connectivity index (χ1v) is 14.0. The Bertz CT molecular complexity index is 1540. The zero-order valence-electron chi connectivity index (χ0n) is 23.0. The SMILES string of the molecule is COc1cccc(-c2cccc(N(C(=O)Cn3ccnc3C)C3C(=O)N(C4CCCCC4)c4ccccc43)c2)c1. The highest BCUT2D eigenvalue weighted by Crippen LogP contribution is 2.44. The fraction of sp³-hybridized carbons (Fsp3) is 0.303. The first-order chi connectivity index (χ1) is 19.5. The van der Waals surface area contributed by atoms with Gasteiger partial charge in [-0.05, 0) is 61.2 Å². The van der Waals surface area contributed by atoms with Gasteiger partial charge in [-0.1, -0.05) is 61.7 Å². The van der Waals surface area contributed by atoms with Gasteiger partial charge in [0.1, 0.15) is 24.2 Å². The van der Waals surface area contributed by atoms with Crippen molar-refractivity contribution in [3.05, 3.63) is 96.6 Å². The van der Waals surface area contributed by atoms with Gasteiger partial charge in [-0.2, -0.15) is 0 Å². The zero-order valence-corrected chi connectivity index (χ0v) is 23.0. The van der Waals surface area contributed by atoms with Gasteiger partial charge in [0.05, 0.1) is 7.11 Å². The number of carbonyl (C=O) groups is 2. The van der Waals surface area contributed by atoms with E-state index in [1.807, 2.05) is 89.2 Å². The average Bonchev–Trinajstić information content (AvgIpc) is 3.53.